The fourth-order valence-corrected chi connectivity index (χ4v) is 5.91. The number of benzene rings is 3. The molecule has 5 rings (SSSR count). The molecule has 3 aromatic rings. The molecular weight excluding hydrogens is 474 g/mol. The topological polar surface area (TPSA) is 70.2 Å². The van der Waals surface area contributed by atoms with E-state index in [2.05, 4.69) is 53.4 Å². The van der Waals surface area contributed by atoms with Gasteiger partial charge in [-0.25, -0.2) is 13.2 Å². The maximum Gasteiger partial charge on any atom is 0.415 e. The average molecular weight is 506 g/mol. The molecule has 0 spiro atoms. The first-order chi connectivity index (χ1) is 17.4. The van der Waals surface area contributed by atoms with Gasteiger partial charge in [-0.1, -0.05) is 54.6 Å². The fraction of sp³-hybridized carbons (Fsp3) is 0.321. The van der Waals surface area contributed by atoms with Gasteiger partial charge in [0, 0.05) is 57.6 Å². The summed E-state index contributed by atoms with van der Waals surface area (Å²) in [5, 5.41) is 0. The first-order valence-electron chi connectivity index (χ1n) is 12.3. The van der Waals surface area contributed by atoms with Crippen LogP contribution in [-0.4, -0.2) is 75.1 Å². The molecule has 3 aromatic carbocycles. The van der Waals surface area contributed by atoms with E-state index in [1.54, 1.807) is 11.0 Å². The highest BCUT2D eigenvalue weighted by molar-refractivity contribution is 7.91. The number of sulfone groups is 1. The lowest BCUT2D eigenvalue weighted by Gasteiger charge is -2.34. The Kier molecular flexibility index (Phi) is 7.25. The summed E-state index contributed by atoms with van der Waals surface area (Å²) in [7, 11) is -2.94. The molecule has 8 heteroatoms. The molecule has 188 valence electrons. The van der Waals surface area contributed by atoms with Gasteiger partial charge >= 0.3 is 6.09 Å². The van der Waals surface area contributed by atoms with Crippen LogP contribution in [0.1, 0.15) is 5.56 Å². The highest BCUT2D eigenvalue weighted by atomic mass is 32.2. The molecule has 36 heavy (non-hydrogen) atoms. The third-order valence-corrected chi connectivity index (χ3v) is 8.41. The van der Waals surface area contributed by atoms with Crippen LogP contribution in [0.2, 0.25) is 0 Å². The van der Waals surface area contributed by atoms with Crippen molar-refractivity contribution < 1.29 is 17.9 Å². The Balaban J connectivity index is 1.13. The molecule has 0 radical (unpaired) electrons. The Bertz CT molecular complexity index is 1290. The van der Waals surface area contributed by atoms with Gasteiger partial charge < -0.3 is 14.5 Å². The molecule has 0 atom stereocenters. The maximum absolute atomic E-state index is 12.8. The zero-order chi connectivity index (χ0) is 25.0. The van der Waals surface area contributed by atoms with E-state index in [1.807, 2.05) is 29.2 Å². The van der Waals surface area contributed by atoms with E-state index in [-0.39, 0.29) is 17.6 Å². The SMILES string of the molecule is O=C(Oc1cccc(N2CCS(=O)(=O)CC2)c1)N1CCN(Cc2cccc(-c3ccccc3)c2)CC1. The molecule has 0 unspecified atom stereocenters. The zero-order valence-corrected chi connectivity index (χ0v) is 21.1. The average Bonchev–Trinajstić information content (AvgIpc) is 2.90. The van der Waals surface area contributed by atoms with E-state index >= 15 is 0 Å². The van der Waals surface area contributed by atoms with E-state index in [1.165, 1.54) is 16.7 Å². The number of rotatable bonds is 5. The van der Waals surface area contributed by atoms with Crippen molar-refractivity contribution in [2.24, 2.45) is 0 Å². The molecule has 2 aliphatic rings. The summed E-state index contributed by atoms with van der Waals surface area (Å²) in [6, 6.07) is 26.3. The molecule has 0 aromatic heterocycles. The summed E-state index contributed by atoms with van der Waals surface area (Å²) in [6.45, 7) is 4.55. The second-order valence-corrected chi connectivity index (χ2v) is 11.6. The summed E-state index contributed by atoms with van der Waals surface area (Å²) in [4.78, 5) is 18.9. The van der Waals surface area contributed by atoms with Crippen molar-refractivity contribution in [2.45, 2.75) is 6.54 Å². The number of nitrogens with zero attached hydrogens (tertiary/aromatic N) is 3. The summed E-state index contributed by atoms with van der Waals surface area (Å²) in [6.07, 6.45) is -0.348. The number of carbonyl (C=O) groups excluding carboxylic acids is 1. The molecule has 0 saturated carbocycles. The summed E-state index contributed by atoms with van der Waals surface area (Å²) in [5.41, 5.74) is 4.55. The fourth-order valence-electron chi connectivity index (χ4n) is 4.71. The van der Waals surface area contributed by atoms with Crippen LogP contribution in [0.3, 0.4) is 0 Å². The van der Waals surface area contributed by atoms with Crippen LogP contribution in [0.25, 0.3) is 11.1 Å². The summed E-state index contributed by atoms with van der Waals surface area (Å²) >= 11 is 0. The van der Waals surface area contributed by atoms with Gasteiger partial charge in [0.05, 0.1) is 11.5 Å². The lowest BCUT2D eigenvalue weighted by atomic mass is 10.0. The number of ether oxygens (including phenoxy) is 1. The first kappa shape index (κ1) is 24.3. The number of hydrogen-bond acceptors (Lipinski definition) is 6. The van der Waals surface area contributed by atoms with Crippen LogP contribution < -0.4 is 9.64 Å². The van der Waals surface area contributed by atoms with Crippen molar-refractivity contribution in [3.05, 3.63) is 84.4 Å². The van der Waals surface area contributed by atoms with Crippen LogP contribution in [0.15, 0.2) is 78.9 Å². The monoisotopic (exact) mass is 505 g/mol. The Morgan fingerprint density at radius 1 is 0.750 bits per heavy atom. The molecule has 2 fully saturated rings. The third kappa shape index (κ3) is 6.06. The Morgan fingerprint density at radius 3 is 2.19 bits per heavy atom. The molecule has 2 heterocycles. The number of piperazine rings is 1. The van der Waals surface area contributed by atoms with E-state index in [0.29, 0.717) is 31.9 Å². The summed E-state index contributed by atoms with van der Waals surface area (Å²) < 4.78 is 29.1. The molecule has 0 aliphatic carbocycles. The van der Waals surface area contributed by atoms with Gasteiger partial charge in [0.25, 0.3) is 0 Å². The van der Waals surface area contributed by atoms with Crippen molar-refractivity contribution in [3.63, 3.8) is 0 Å². The number of hydrogen-bond donors (Lipinski definition) is 0. The predicted molar refractivity (Wildman–Crippen MR) is 142 cm³/mol. The lowest BCUT2D eigenvalue weighted by Crippen LogP contribution is -2.49. The van der Waals surface area contributed by atoms with E-state index in [0.717, 1.165) is 25.3 Å². The van der Waals surface area contributed by atoms with Gasteiger partial charge in [0.2, 0.25) is 0 Å². The molecular formula is C28H31N3O4S. The van der Waals surface area contributed by atoms with Crippen molar-refractivity contribution in [2.75, 3.05) is 55.7 Å². The van der Waals surface area contributed by atoms with Gasteiger partial charge in [-0.2, -0.15) is 0 Å². The largest absolute Gasteiger partial charge is 0.415 e. The standard InChI is InChI=1S/C28H31N3O4S/c32-28(35-27-11-5-10-26(21-27)30-16-18-36(33,34)19-17-30)31-14-12-29(13-15-31)22-23-6-4-9-25(20-23)24-7-2-1-3-8-24/h1-11,20-21H,12-19,22H2. The maximum atomic E-state index is 12.8. The van der Waals surface area contributed by atoms with Crippen molar-refractivity contribution in [3.8, 4) is 16.9 Å². The minimum Gasteiger partial charge on any atom is -0.410 e. The predicted octanol–water partition coefficient (Wildman–Crippen LogP) is 3.91. The summed E-state index contributed by atoms with van der Waals surface area (Å²) in [5.74, 6) is 0.779. The number of carbonyl (C=O) groups is 1. The smallest absolute Gasteiger partial charge is 0.410 e. The molecule has 0 N–H and O–H groups in total. The second-order valence-electron chi connectivity index (χ2n) is 9.33. The van der Waals surface area contributed by atoms with E-state index in [9.17, 15) is 13.2 Å². The van der Waals surface area contributed by atoms with Crippen molar-refractivity contribution >= 4 is 21.6 Å². The Labute approximate surface area is 212 Å². The van der Waals surface area contributed by atoms with Crippen molar-refractivity contribution in [1.82, 2.24) is 9.80 Å². The molecule has 0 bridgehead atoms. The van der Waals surface area contributed by atoms with Crippen LogP contribution in [0, 0.1) is 0 Å². The van der Waals surface area contributed by atoms with Crippen LogP contribution >= 0.6 is 0 Å². The molecule has 1 amide bonds. The Morgan fingerprint density at radius 2 is 1.44 bits per heavy atom. The quantitative estimate of drug-likeness (QED) is 0.524. The minimum atomic E-state index is -2.94. The van der Waals surface area contributed by atoms with Crippen LogP contribution in [0.5, 0.6) is 5.75 Å². The normalized spacial score (nSPS) is 18.1. The van der Waals surface area contributed by atoms with Gasteiger partial charge in [-0.15, -0.1) is 0 Å². The van der Waals surface area contributed by atoms with Crippen LogP contribution in [-0.2, 0) is 16.4 Å². The van der Waals surface area contributed by atoms with Gasteiger partial charge in [-0.05, 0) is 34.9 Å². The first-order valence-corrected chi connectivity index (χ1v) is 14.2. The van der Waals surface area contributed by atoms with Crippen molar-refractivity contribution in [1.29, 1.82) is 0 Å². The number of amides is 1. The van der Waals surface area contributed by atoms with Crippen LogP contribution in [0.4, 0.5) is 10.5 Å². The van der Waals surface area contributed by atoms with Gasteiger partial charge in [-0.3, -0.25) is 4.90 Å². The van der Waals surface area contributed by atoms with E-state index < -0.39 is 9.84 Å². The number of anilines is 1. The molecule has 2 aliphatic heterocycles. The highest BCUT2D eigenvalue weighted by Gasteiger charge is 2.24. The second kappa shape index (κ2) is 10.7. The van der Waals surface area contributed by atoms with E-state index in [4.69, 9.17) is 4.74 Å². The third-order valence-electron chi connectivity index (χ3n) is 6.80. The minimum absolute atomic E-state index is 0.151. The molecule has 7 nitrogen and oxygen atoms in total. The van der Waals surface area contributed by atoms with Gasteiger partial charge in [0.15, 0.2) is 9.84 Å². The Hall–Kier alpha value is -3.36. The highest BCUT2D eigenvalue weighted by Crippen LogP contribution is 2.24. The van der Waals surface area contributed by atoms with Gasteiger partial charge in [0.1, 0.15) is 5.75 Å². The molecule has 2 saturated heterocycles. The lowest BCUT2D eigenvalue weighted by molar-refractivity contribution is 0.108. The zero-order valence-electron chi connectivity index (χ0n) is 20.3.